The lowest BCUT2D eigenvalue weighted by Crippen LogP contribution is -2.30. The lowest BCUT2D eigenvalue weighted by atomic mass is 9.78. The van der Waals surface area contributed by atoms with Crippen LogP contribution in [0.5, 0.6) is 0 Å². The normalized spacial score (nSPS) is 28.0. The maximum Gasteiger partial charge on any atom is 0.307 e. The Bertz CT molecular complexity index is 265. The van der Waals surface area contributed by atoms with Gasteiger partial charge in [-0.05, 0) is 26.7 Å². The summed E-state index contributed by atoms with van der Waals surface area (Å²) in [5.74, 6) is -1.70. The number of allylic oxidation sites excluding steroid dienone is 2. The van der Waals surface area contributed by atoms with Crippen LogP contribution in [0, 0.1) is 11.8 Å². The smallest absolute Gasteiger partial charge is 0.307 e. The van der Waals surface area contributed by atoms with Gasteiger partial charge in [0.25, 0.3) is 0 Å². The molecule has 0 aromatic heterocycles. The number of ketones is 1. The van der Waals surface area contributed by atoms with Gasteiger partial charge in [0.15, 0.2) is 0 Å². The van der Waals surface area contributed by atoms with Crippen LogP contribution in [0.2, 0.25) is 0 Å². The first-order valence-electron chi connectivity index (χ1n) is 4.41. The van der Waals surface area contributed by atoms with Gasteiger partial charge < -0.3 is 5.11 Å². The van der Waals surface area contributed by atoms with Gasteiger partial charge in [-0.15, -0.1) is 0 Å². The van der Waals surface area contributed by atoms with Gasteiger partial charge in [-0.2, -0.15) is 0 Å². The van der Waals surface area contributed by atoms with E-state index in [0.29, 0.717) is 12.8 Å². The molecule has 72 valence electrons. The summed E-state index contributed by atoms with van der Waals surface area (Å²) >= 11 is 0. The number of rotatable bonds is 2. The van der Waals surface area contributed by atoms with Crippen molar-refractivity contribution in [1.82, 2.24) is 0 Å². The molecule has 1 rings (SSSR count). The zero-order valence-electron chi connectivity index (χ0n) is 7.91. The van der Waals surface area contributed by atoms with Gasteiger partial charge in [0, 0.05) is 5.92 Å². The van der Waals surface area contributed by atoms with Crippen LogP contribution in [0.25, 0.3) is 0 Å². The van der Waals surface area contributed by atoms with Crippen LogP contribution < -0.4 is 0 Å². The summed E-state index contributed by atoms with van der Waals surface area (Å²) in [7, 11) is 0. The Kier molecular flexibility index (Phi) is 2.86. The summed E-state index contributed by atoms with van der Waals surface area (Å²) in [6.07, 6.45) is 3.06. The van der Waals surface area contributed by atoms with Crippen LogP contribution in [0.4, 0.5) is 0 Å². The van der Waals surface area contributed by atoms with Crippen LogP contribution in [-0.2, 0) is 9.59 Å². The van der Waals surface area contributed by atoms with Crippen molar-refractivity contribution in [3.8, 4) is 0 Å². The molecule has 2 atom stereocenters. The number of Topliss-reactive ketones (excluding diaryl/α,β-unsaturated/α-hetero) is 1. The van der Waals surface area contributed by atoms with Crippen molar-refractivity contribution in [3.05, 3.63) is 11.6 Å². The Hall–Kier alpha value is -1.12. The number of carbonyl (C=O) groups excluding carboxylic acids is 1. The molecule has 0 fully saturated rings. The summed E-state index contributed by atoms with van der Waals surface area (Å²) in [6.45, 7) is 3.38. The summed E-state index contributed by atoms with van der Waals surface area (Å²) in [5.41, 5.74) is 1.07. The van der Waals surface area contributed by atoms with E-state index in [0.717, 1.165) is 5.57 Å². The summed E-state index contributed by atoms with van der Waals surface area (Å²) in [6, 6.07) is 0. The van der Waals surface area contributed by atoms with Crippen molar-refractivity contribution in [1.29, 1.82) is 0 Å². The predicted octanol–water partition coefficient (Wildman–Crippen LogP) is 1.63. The lowest BCUT2D eigenvalue weighted by Gasteiger charge is -2.25. The molecule has 0 amide bonds. The zero-order valence-corrected chi connectivity index (χ0v) is 7.91. The third kappa shape index (κ3) is 2.17. The van der Waals surface area contributed by atoms with Crippen LogP contribution in [-0.4, -0.2) is 16.9 Å². The SMILES string of the molecule is CC(=O)[C@H]1CC=C(C)C[C@@H]1C(=O)O. The molecule has 0 aliphatic heterocycles. The van der Waals surface area contributed by atoms with Crippen molar-refractivity contribution in [2.75, 3.05) is 0 Å². The maximum absolute atomic E-state index is 11.1. The molecule has 0 saturated heterocycles. The van der Waals surface area contributed by atoms with E-state index >= 15 is 0 Å². The predicted molar refractivity (Wildman–Crippen MR) is 48.3 cm³/mol. The van der Waals surface area contributed by atoms with E-state index in [1.54, 1.807) is 0 Å². The van der Waals surface area contributed by atoms with Gasteiger partial charge >= 0.3 is 5.97 Å². The second kappa shape index (κ2) is 3.73. The Morgan fingerprint density at radius 2 is 2.08 bits per heavy atom. The minimum absolute atomic E-state index is 0.0175. The van der Waals surface area contributed by atoms with E-state index in [1.807, 2.05) is 13.0 Å². The Labute approximate surface area is 77.4 Å². The van der Waals surface area contributed by atoms with Gasteiger partial charge in [-0.25, -0.2) is 0 Å². The van der Waals surface area contributed by atoms with Crippen molar-refractivity contribution < 1.29 is 14.7 Å². The summed E-state index contributed by atoms with van der Waals surface area (Å²) in [5, 5.41) is 8.90. The molecule has 0 saturated carbocycles. The van der Waals surface area contributed by atoms with Crippen LogP contribution in [0.15, 0.2) is 11.6 Å². The minimum atomic E-state index is -0.854. The van der Waals surface area contributed by atoms with Gasteiger partial charge in [0.05, 0.1) is 5.92 Å². The number of aliphatic carboxylic acids is 1. The average Bonchev–Trinajstić information content (AvgIpc) is 2.03. The second-order valence-electron chi connectivity index (χ2n) is 3.65. The molecule has 3 nitrogen and oxygen atoms in total. The van der Waals surface area contributed by atoms with E-state index in [9.17, 15) is 9.59 Å². The molecule has 13 heavy (non-hydrogen) atoms. The molecular weight excluding hydrogens is 168 g/mol. The third-order valence-electron chi connectivity index (χ3n) is 2.59. The number of carboxylic acid groups (broad SMARTS) is 1. The van der Waals surface area contributed by atoms with Crippen molar-refractivity contribution in [2.24, 2.45) is 11.8 Å². The molecule has 0 aromatic carbocycles. The fourth-order valence-corrected chi connectivity index (χ4v) is 1.77. The standard InChI is InChI=1S/C10H14O3/c1-6-3-4-8(7(2)11)9(5-6)10(12)13/h3,8-9H,4-5H2,1-2H3,(H,12,13)/t8-,9+/m1/s1. The Morgan fingerprint density at radius 3 is 2.54 bits per heavy atom. The summed E-state index contributed by atoms with van der Waals surface area (Å²) < 4.78 is 0. The molecule has 0 aromatic rings. The molecule has 0 heterocycles. The molecule has 3 heteroatoms. The number of carbonyl (C=O) groups is 2. The van der Waals surface area contributed by atoms with E-state index in [4.69, 9.17) is 5.11 Å². The minimum Gasteiger partial charge on any atom is -0.481 e. The monoisotopic (exact) mass is 182 g/mol. The van der Waals surface area contributed by atoms with Crippen molar-refractivity contribution >= 4 is 11.8 Å². The number of hydrogen-bond acceptors (Lipinski definition) is 2. The van der Waals surface area contributed by atoms with Crippen LogP contribution in [0.3, 0.4) is 0 Å². The molecule has 0 radical (unpaired) electrons. The van der Waals surface area contributed by atoms with Gasteiger partial charge in [-0.1, -0.05) is 11.6 Å². The molecular formula is C10H14O3. The molecule has 0 bridgehead atoms. The first-order chi connectivity index (χ1) is 6.02. The Balaban J connectivity index is 2.83. The van der Waals surface area contributed by atoms with E-state index in [2.05, 4.69) is 0 Å². The highest BCUT2D eigenvalue weighted by atomic mass is 16.4. The van der Waals surface area contributed by atoms with E-state index < -0.39 is 11.9 Å². The van der Waals surface area contributed by atoms with Crippen LogP contribution >= 0.6 is 0 Å². The summed E-state index contributed by atoms with van der Waals surface area (Å²) in [4.78, 5) is 22.0. The maximum atomic E-state index is 11.1. The molecule has 0 unspecified atom stereocenters. The third-order valence-corrected chi connectivity index (χ3v) is 2.59. The first-order valence-corrected chi connectivity index (χ1v) is 4.41. The number of carboxylic acids is 1. The fraction of sp³-hybridized carbons (Fsp3) is 0.600. The highest BCUT2D eigenvalue weighted by Gasteiger charge is 2.33. The highest BCUT2D eigenvalue weighted by Crippen LogP contribution is 2.30. The molecule has 0 spiro atoms. The largest absolute Gasteiger partial charge is 0.481 e. The highest BCUT2D eigenvalue weighted by molar-refractivity contribution is 5.85. The second-order valence-corrected chi connectivity index (χ2v) is 3.65. The fourth-order valence-electron chi connectivity index (χ4n) is 1.77. The van der Waals surface area contributed by atoms with Crippen molar-refractivity contribution in [2.45, 2.75) is 26.7 Å². The van der Waals surface area contributed by atoms with Gasteiger partial charge in [-0.3, -0.25) is 9.59 Å². The average molecular weight is 182 g/mol. The zero-order chi connectivity index (χ0) is 10.0. The van der Waals surface area contributed by atoms with Gasteiger partial charge in [0.1, 0.15) is 5.78 Å². The molecule has 1 aliphatic carbocycles. The van der Waals surface area contributed by atoms with Crippen molar-refractivity contribution in [3.63, 3.8) is 0 Å². The quantitative estimate of drug-likeness (QED) is 0.660. The Morgan fingerprint density at radius 1 is 1.46 bits per heavy atom. The lowest BCUT2D eigenvalue weighted by molar-refractivity contribution is -0.146. The number of hydrogen-bond donors (Lipinski definition) is 1. The topological polar surface area (TPSA) is 54.4 Å². The van der Waals surface area contributed by atoms with E-state index in [1.165, 1.54) is 6.92 Å². The van der Waals surface area contributed by atoms with Crippen LogP contribution in [0.1, 0.15) is 26.7 Å². The van der Waals surface area contributed by atoms with Gasteiger partial charge in [0.2, 0.25) is 0 Å². The molecule has 1 aliphatic rings. The first kappa shape index (κ1) is 9.96. The van der Waals surface area contributed by atoms with E-state index in [-0.39, 0.29) is 11.7 Å². The molecule has 1 N–H and O–H groups in total.